The molecular weight excluding hydrogens is 793 g/mol. The molecule has 6 aromatic carbocycles. The van der Waals surface area contributed by atoms with E-state index >= 15 is 0 Å². The minimum absolute atomic E-state index is 0.0398. The second kappa shape index (κ2) is 17.7. The topological polar surface area (TPSA) is 40.6 Å². The summed E-state index contributed by atoms with van der Waals surface area (Å²) in [4.78, 5) is 22.6. The van der Waals surface area contributed by atoms with E-state index in [1.165, 1.54) is 10.6 Å². The van der Waals surface area contributed by atoms with Crippen LogP contribution in [0.15, 0.2) is 206 Å². The zero-order chi connectivity index (χ0) is 41.9. The van der Waals surface area contributed by atoms with Gasteiger partial charge in [0, 0.05) is 41.4 Å². The van der Waals surface area contributed by atoms with E-state index in [1.807, 2.05) is 87.5 Å². The first-order valence-corrected chi connectivity index (χ1v) is 23.1. The second-order valence-corrected chi connectivity index (χ2v) is 17.7. The molecule has 0 amide bonds. The van der Waals surface area contributed by atoms with Gasteiger partial charge in [-0.3, -0.25) is 4.79 Å². The first kappa shape index (κ1) is 40.8. The van der Waals surface area contributed by atoms with Crippen molar-refractivity contribution < 1.29 is 4.21 Å². The van der Waals surface area contributed by atoms with Crippen LogP contribution in [-0.2, 0) is 10.8 Å². The predicted molar refractivity (Wildman–Crippen MR) is 261 cm³/mol. The van der Waals surface area contributed by atoms with Crippen LogP contribution in [0.2, 0.25) is 0 Å². The number of nitrogens with zero attached hydrogens (tertiary/aromatic N) is 2. The van der Waals surface area contributed by atoms with Gasteiger partial charge < -0.3 is 9.80 Å². The maximum Gasteiger partial charge on any atom is 0.195 e. The Morgan fingerprint density at radius 2 is 1.15 bits per heavy atom. The van der Waals surface area contributed by atoms with Crippen molar-refractivity contribution in [1.82, 2.24) is 0 Å². The third kappa shape index (κ3) is 7.32. The number of hydrogen-bond acceptors (Lipinski definition) is 6. The van der Waals surface area contributed by atoms with Crippen molar-refractivity contribution in [2.24, 2.45) is 0 Å². The fraction of sp³-hybridized carbons (Fsp3) is 0.113. The molecule has 0 saturated heterocycles. The van der Waals surface area contributed by atoms with Crippen LogP contribution >= 0.6 is 23.1 Å². The second-order valence-electron chi connectivity index (χ2n) is 14.0. The van der Waals surface area contributed by atoms with E-state index in [9.17, 15) is 9.00 Å². The van der Waals surface area contributed by atoms with E-state index in [0.717, 1.165) is 92.0 Å². The van der Waals surface area contributed by atoms with Crippen molar-refractivity contribution >= 4 is 76.8 Å². The summed E-state index contributed by atoms with van der Waals surface area (Å²) >= 11 is 3.44. The van der Waals surface area contributed by atoms with Crippen LogP contribution in [0, 0.1) is 0 Å². The number of hydrogen-bond donors (Lipinski definition) is 0. The van der Waals surface area contributed by atoms with Gasteiger partial charge in [-0.05, 0) is 127 Å². The molecule has 3 heterocycles. The molecule has 2 aliphatic rings. The number of para-hydroxylation sites is 2. The Bertz CT molecular complexity index is 2940. The molecule has 1 aromatic heterocycles. The van der Waals surface area contributed by atoms with Gasteiger partial charge in [0.1, 0.15) is 0 Å². The van der Waals surface area contributed by atoms with Crippen molar-refractivity contribution in [2.75, 3.05) is 9.80 Å². The Hall–Kier alpha value is -5.99. The molecule has 4 nitrogen and oxygen atoms in total. The molecule has 0 aliphatic carbocycles. The van der Waals surface area contributed by atoms with Crippen molar-refractivity contribution in [3.8, 4) is 22.3 Å². The van der Waals surface area contributed by atoms with Gasteiger partial charge in [-0.1, -0.05) is 118 Å². The third-order valence-electron chi connectivity index (χ3n) is 10.6. The zero-order valence-electron chi connectivity index (χ0n) is 34.4. The Labute approximate surface area is 363 Å². The lowest BCUT2D eigenvalue weighted by Crippen LogP contribution is -2.24. The van der Waals surface area contributed by atoms with Crippen molar-refractivity contribution in [3.05, 3.63) is 202 Å². The molecule has 7 aromatic rings. The third-order valence-corrected chi connectivity index (χ3v) is 14.6. The molecule has 0 unspecified atom stereocenters. The van der Waals surface area contributed by atoms with Gasteiger partial charge in [-0.25, -0.2) is 4.21 Å². The van der Waals surface area contributed by atoms with E-state index in [1.54, 1.807) is 23.1 Å². The maximum absolute atomic E-state index is 14.1. The molecule has 7 heteroatoms. The first-order valence-electron chi connectivity index (χ1n) is 20.4. The van der Waals surface area contributed by atoms with Gasteiger partial charge in [-0.2, -0.15) is 0 Å². The fourth-order valence-corrected chi connectivity index (χ4v) is 11.3. The molecule has 0 spiro atoms. The summed E-state index contributed by atoms with van der Waals surface area (Å²) in [6.07, 6.45) is 11.4. The van der Waals surface area contributed by atoms with Crippen molar-refractivity contribution in [3.63, 3.8) is 0 Å². The summed E-state index contributed by atoms with van der Waals surface area (Å²) in [5, 5.41) is 1.44. The zero-order valence-corrected chi connectivity index (χ0v) is 36.9. The van der Waals surface area contributed by atoms with E-state index in [2.05, 4.69) is 127 Å². The molecule has 0 atom stereocenters. The highest BCUT2D eigenvalue weighted by atomic mass is 32.2. The van der Waals surface area contributed by atoms with Gasteiger partial charge in [0.05, 0.1) is 43.4 Å². The van der Waals surface area contributed by atoms with Crippen LogP contribution in [0.5, 0.6) is 0 Å². The van der Waals surface area contributed by atoms with Crippen molar-refractivity contribution in [2.45, 2.75) is 50.8 Å². The Balaban J connectivity index is 0.00000246. The van der Waals surface area contributed by atoms with Crippen LogP contribution in [0.25, 0.3) is 42.4 Å². The highest BCUT2D eigenvalue weighted by Crippen LogP contribution is 2.47. The van der Waals surface area contributed by atoms with Crippen LogP contribution in [-0.4, -0.2) is 4.21 Å². The monoisotopic (exact) mass is 838 g/mol. The summed E-state index contributed by atoms with van der Waals surface area (Å²) in [5.74, 6) is 0. The number of rotatable bonds is 8. The maximum atomic E-state index is 14.1. The lowest BCUT2D eigenvalue weighted by Gasteiger charge is -2.34. The predicted octanol–water partition coefficient (Wildman–Crippen LogP) is 15.4. The minimum atomic E-state index is -1.25. The number of benzene rings is 6. The van der Waals surface area contributed by atoms with Crippen LogP contribution in [0.1, 0.15) is 41.0 Å². The number of fused-ring (bicyclic) bond motifs is 4. The standard InChI is InChI=1S/C51H40N2O2S3.C2H6/c1-5-13-41-45(7-3)56-46(8-4)42(14-6-2)52(41)37-25-21-34(22-26-37)36-23-29-39-48(32-36)57-47-30-24-35(31-40(47)51(39)54)33-19-27-38(28-20-33)53-43-15-9-11-17-49(43)58(55)50-18-12-10-16-44(50)53;1-2/h5-7,9-32H,3,8H2,1-2,4H3;1-2H3/b13-5-,14-6-;. The van der Waals surface area contributed by atoms with Gasteiger partial charge in [0.2, 0.25) is 0 Å². The molecule has 298 valence electrons. The molecule has 0 fully saturated rings. The highest BCUT2D eigenvalue weighted by Gasteiger charge is 2.29. The molecule has 9 rings (SSSR count). The number of allylic oxidation sites excluding steroid dienone is 6. The largest absolute Gasteiger partial charge is 0.309 e. The van der Waals surface area contributed by atoms with E-state index < -0.39 is 10.8 Å². The number of anilines is 4. The van der Waals surface area contributed by atoms with E-state index in [0.29, 0.717) is 0 Å². The van der Waals surface area contributed by atoms with Crippen LogP contribution in [0.4, 0.5) is 22.7 Å². The molecular formula is C53H46N2O2S3. The highest BCUT2D eigenvalue weighted by molar-refractivity contribution is 8.07. The quantitative estimate of drug-likeness (QED) is 0.143. The summed E-state index contributed by atoms with van der Waals surface area (Å²) in [7, 11) is -1.25. The minimum Gasteiger partial charge on any atom is -0.309 e. The summed E-state index contributed by atoms with van der Waals surface area (Å²) < 4.78 is 15.3. The van der Waals surface area contributed by atoms with Crippen LogP contribution in [0.3, 0.4) is 0 Å². The Morgan fingerprint density at radius 1 is 0.617 bits per heavy atom. The lowest BCUT2D eigenvalue weighted by molar-refractivity contribution is 0.682. The molecule has 2 aliphatic heterocycles. The van der Waals surface area contributed by atoms with Gasteiger partial charge in [0.25, 0.3) is 0 Å². The Morgan fingerprint density at radius 3 is 1.73 bits per heavy atom. The summed E-state index contributed by atoms with van der Waals surface area (Å²) in [6, 6.07) is 45.2. The van der Waals surface area contributed by atoms with Crippen LogP contribution < -0.4 is 15.2 Å². The van der Waals surface area contributed by atoms with Gasteiger partial charge in [-0.15, -0.1) is 11.3 Å². The van der Waals surface area contributed by atoms with E-state index in [4.69, 9.17) is 0 Å². The molecule has 0 radical (unpaired) electrons. The number of thioether (sulfide) groups is 1. The fourth-order valence-electron chi connectivity index (χ4n) is 7.86. The Kier molecular flexibility index (Phi) is 12.0. The summed E-state index contributed by atoms with van der Waals surface area (Å²) in [6.45, 7) is 14.4. The van der Waals surface area contributed by atoms with Gasteiger partial charge >= 0.3 is 0 Å². The van der Waals surface area contributed by atoms with Gasteiger partial charge in [0.15, 0.2) is 5.43 Å². The lowest BCUT2D eigenvalue weighted by atomic mass is 10.0. The van der Waals surface area contributed by atoms with Crippen molar-refractivity contribution in [1.29, 1.82) is 0 Å². The SMILES string of the molecule is C=CC1=C(/C=C\C)N(c2ccc(-c3ccc4c(=O)c5cc(-c6ccc(N7c8ccccc8S(=O)c8ccccc87)cc6)ccc5sc4c3)cc2)C(/C=C\C)=C(CC)S1.CC. The molecule has 0 N–H and O–H groups in total. The average molecular weight is 839 g/mol. The summed E-state index contributed by atoms with van der Waals surface area (Å²) in [5.41, 5.74) is 10.4. The molecule has 0 saturated carbocycles. The molecule has 60 heavy (non-hydrogen) atoms. The normalized spacial score (nSPS) is 14.2. The average Bonchev–Trinajstić information content (AvgIpc) is 3.30. The smallest absolute Gasteiger partial charge is 0.195 e. The van der Waals surface area contributed by atoms with E-state index in [-0.39, 0.29) is 5.43 Å². The molecule has 0 bridgehead atoms. The first-order chi connectivity index (χ1) is 29.4.